The summed E-state index contributed by atoms with van der Waals surface area (Å²) >= 11 is 0.789. The Morgan fingerprint density at radius 2 is 1.74 bits per heavy atom. The Kier molecular flexibility index (Phi) is 7.54. The number of nitrogens with zero attached hydrogens (tertiary/aromatic N) is 3. The van der Waals surface area contributed by atoms with Crippen molar-refractivity contribution in [2.45, 2.75) is 13.1 Å². The quantitative estimate of drug-likeness (QED) is 0.407. The molecule has 0 radical (unpaired) electrons. The Hall–Kier alpha value is -3.80. The third kappa shape index (κ3) is 6.01. The van der Waals surface area contributed by atoms with Crippen LogP contribution < -0.4 is 16.6 Å². The van der Waals surface area contributed by atoms with Crippen LogP contribution in [-0.2, 0) is 25.1 Å². The van der Waals surface area contributed by atoms with Gasteiger partial charge in [-0.05, 0) is 37.3 Å². The van der Waals surface area contributed by atoms with E-state index in [2.05, 4.69) is 10.3 Å². The van der Waals surface area contributed by atoms with Crippen LogP contribution in [-0.4, -0.2) is 30.9 Å². The molecule has 3 rings (SSSR count). The molecule has 0 saturated carbocycles. The highest BCUT2D eigenvalue weighted by molar-refractivity contribution is 8.15. The number of aromatic hydroxyl groups is 1. The van der Waals surface area contributed by atoms with Crippen molar-refractivity contribution < 1.29 is 23.1 Å². The largest absolute Gasteiger partial charge is 0.494 e. The SMILES string of the molecule is Cc1ccc(N=C(SCC(=O)Nc2cccc(C(F)(F)F)c2)c2c(O)n(C)c(=O)n(C)c2=O)cc1. The number of halogens is 3. The minimum atomic E-state index is -4.57. The summed E-state index contributed by atoms with van der Waals surface area (Å²) in [5.41, 5.74) is -1.44. The van der Waals surface area contributed by atoms with Crippen molar-refractivity contribution in [3.63, 3.8) is 0 Å². The van der Waals surface area contributed by atoms with Crippen LogP contribution in [0.2, 0.25) is 0 Å². The Labute approximate surface area is 201 Å². The van der Waals surface area contributed by atoms with Gasteiger partial charge in [0.15, 0.2) is 0 Å². The van der Waals surface area contributed by atoms with E-state index in [0.717, 1.165) is 38.6 Å². The fourth-order valence-electron chi connectivity index (χ4n) is 3.02. The molecule has 184 valence electrons. The highest BCUT2D eigenvalue weighted by atomic mass is 32.2. The second-order valence-electron chi connectivity index (χ2n) is 7.57. The summed E-state index contributed by atoms with van der Waals surface area (Å²) in [7, 11) is 2.51. The summed E-state index contributed by atoms with van der Waals surface area (Å²) in [6, 6.07) is 11.1. The lowest BCUT2D eigenvalue weighted by atomic mass is 10.2. The summed E-state index contributed by atoms with van der Waals surface area (Å²) < 4.78 is 40.5. The van der Waals surface area contributed by atoms with Crippen LogP contribution in [0, 0.1) is 6.92 Å². The van der Waals surface area contributed by atoms with Crippen LogP contribution in [0.25, 0.3) is 0 Å². The van der Waals surface area contributed by atoms with E-state index in [9.17, 15) is 32.7 Å². The first kappa shape index (κ1) is 25.8. The smallest absolute Gasteiger partial charge is 0.416 e. The number of nitrogens with one attached hydrogen (secondary N) is 1. The summed E-state index contributed by atoms with van der Waals surface area (Å²) in [5.74, 6) is -1.63. The predicted octanol–water partition coefficient (Wildman–Crippen LogP) is 3.57. The molecular formula is C23H21F3N4O4S. The Morgan fingerprint density at radius 3 is 2.37 bits per heavy atom. The molecule has 2 N–H and O–H groups in total. The number of rotatable bonds is 5. The van der Waals surface area contributed by atoms with Crippen molar-refractivity contribution in [2.24, 2.45) is 19.1 Å². The van der Waals surface area contributed by atoms with Gasteiger partial charge >= 0.3 is 11.9 Å². The van der Waals surface area contributed by atoms with Crippen molar-refractivity contribution in [1.82, 2.24) is 9.13 Å². The van der Waals surface area contributed by atoms with Gasteiger partial charge in [0, 0.05) is 19.8 Å². The number of aryl methyl sites for hydroxylation is 1. The molecule has 12 heteroatoms. The number of hydrogen-bond donors (Lipinski definition) is 2. The van der Waals surface area contributed by atoms with Crippen molar-refractivity contribution in [1.29, 1.82) is 0 Å². The number of carbonyl (C=O) groups is 1. The second-order valence-corrected chi connectivity index (χ2v) is 8.54. The van der Waals surface area contributed by atoms with Gasteiger partial charge in [-0.1, -0.05) is 35.5 Å². The molecule has 0 atom stereocenters. The summed E-state index contributed by atoms with van der Waals surface area (Å²) in [4.78, 5) is 41.8. The number of thioether (sulfide) groups is 1. The van der Waals surface area contributed by atoms with E-state index >= 15 is 0 Å². The minimum absolute atomic E-state index is 0.0401. The van der Waals surface area contributed by atoms with E-state index in [-0.39, 0.29) is 22.0 Å². The van der Waals surface area contributed by atoms with Gasteiger partial charge in [-0.15, -0.1) is 0 Å². The molecule has 1 amide bonds. The van der Waals surface area contributed by atoms with Crippen molar-refractivity contribution in [2.75, 3.05) is 11.1 Å². The van der Waals surface area contributed by atoms with Crippen LogP contribution in [0.4, 0.5) is 24.5 Å². The van der Waals surface area contributed by atoms with Gasteiger partial charge in [0.2, 0.25) is 11.8 Å². The van der Waals surface area contributed by atoms with E-state index in [1.165, 1.54) is 26.2 Å². The van der Waals surface area contributed by atoms with E-state index in [1.54, 1.807) is 24.3 Å². The molecule has 0 spiro atoms. The lowest BCUT2D eigenvalue weighted by Gasteiger charge is -2.13. The second kappa shape index (κ2) is 10.2. The third-order valence-electron chi connectivity index (χ3n) is 4.93. The highest BCUT2D eigenvalue weighted by Crippen LogP contribution is 2.31. The number of benzene rings is 2. The van der Waals surface area contributed by atoms with Crippen LogP contribution in [0.3, 0.4) is 0 Å². The standard InChI is InChI=1S/C23H21F3N4O4S/c1-13-7-9-15(10-8-13)28-19(18-20(32)29(2)22(34)30(3)21(18)33)35-12-17(31)27-16-6-4-5-14(11-16)23(24,25)26/h4-11,32H,12H2,1-3H3,(H,27,31). The molecule has 0 saturated heterocycles. The molecule has 0 aliphatic heterocycles. The van der Waals surface area contributed by atoms with Gasteiger partial charge in [-0.2, -0.15) is 13.2 Å². The number of aromatic nitrogens is 2. The molecule has 1 aromatic heterocycles. The molecular weight excluding hydrogens is 485 g/mol. The third-order valence-corrected chi connectivity index (χ3v) is 5.90. The number of aliphatic imine (C=N–C) groups is 1. The molecule has 8 nitrogen and oxygen atoms in total. The van der Waals surface area contributed by atoms with E-state index < -0.39 is 34.8 Å². The monoisotopic (exact) mass is 506 g/mol. The Morgan fingerprint density at radius 1 is 1.09 bits per heavy atom. The molecule has 0 fully saturated rings. The van der Waals surface area contributed by atoms with Crippen LogP contribution in [0.15, 0.2) is 63.1 Å². The number of carbonyl (C=O) groups excluding carboxylic acids is 1. The van der Waals surface area contributed by atoms with Gasteiger partial charge in [0.25, 0.3) is 5.56 Å². The molecule has 2 aromatic carbocycles. The Bertz CT molecular complexity index is 1410. The lowest BCUT2D eigenvalue weighted by molar-refractivity contribution is -0.137. The molecule has 1 heterocycles. The fraction of sp³-hybridized carbons (Fsp3) is 0.217. The van der Waals surface area contributed by atoms with Gasteiger partial charge in [0.1, 0.15) is 10.6 Å². The first-order valence-electron chi connectivity index (χ1n) is 10.1. The van der Waals surface area contributed by atoms with Crippen LogP contribution >= 0.6 is 11.8 Å². The van der Waals surface area contributed by atoms with Crippen molar-refractivity contribution in [3.05, 3.63) is 86.1 Å². The number of anilines is 1. The zero-order valence-corrected chi connectivity index (χ0v) is 19.7. The number of amides is 1. The molecule has 3 aromatic rings. The average molecular weight is 507 g/mol. The predicted molar refractivity (Wildman–Crippen MR) is 128 cm³/mol. The summed E-state index contributed by atoms with van der Waals surface area (Å²) in [5, 5.41) is 12.9. The van der Waals surface area contributed by atoms with Gasteiger partial charge in [0.05, 0.1) is 17.0 Å². The van der Waals surface area contributed by atoms with E-state index in [0.29, 0.717) is 5.69 Å². The first-order chi connectivity index (χ1) is 16.4. The van der Waals surface area contributed by atoms with Crippen LogP contribution in [0.1, 0.15) is 16.7 Å². The first-order valence-corrected chi connectivity index (χ1v) is 11.1. The molecule has 35 heavy (non-hydrogen) atoms. The molecule has 0 aliphatic rings. The Balaban J connectivity index is 1.94. The average Bonchev–Trinajstić information content (AvgIpc) is 2.81. The van der Waals surface area contributed by atoms with E-state index in [1.807, 2.05) is 6.92 Å². The topological polar surface area (TPSA) is 106 Å². The van der Waals surface area contributed by atoms with Crippen LogP contribution in [0.5, 0.6) is 5.88 Å². The van der Waals surface area contributed by atoms with Gasteiger partial charge in [-0.25, -0.2) is 9.79 Å². The molecule has 0 aliphatic carbocycles. The lowest BCUT2D eigenvalue weighted by Crippen LogP contribution is -2.39. The van der Waals surface area contributed by atoms with Gasteiger partial charge < -0.3 is 10.4 Å². The fourth-order valence-corrected chi connectivity index (χ4v) is 3.85. The van der Waals surface area contributed by atoms with Crippen molar-refractivity contribution in [3.8, 4) is 5.88 Å². The summed E-state index contributed by atoms with van der Waals surface area (Å²) in [6.45, 7) is 1.87. The number of hydrogen-bond acceptors (Lipinski definition) is 6. The maximum absolute atomic E-state index is 12.9. The summed E-state index contributed by atoms with van der Waals surface area (Å²) in [6.07, 6.45) is -4.57. The minimum Gasteiger partial charge on any atom is -0.494 e. The molecule has 0 bridgehead atoms. The zero-order valence-electron chi connectivity index (χ0n) is 18.9. The maximum atomic E-state index is 12.9. The van der Waals surface area contributed by atoms with Gasteiger partial charge in [-0.3, -0.25) is 18.7 Å². The maximum Gasteiger partial charge on any atom is 0.416 e. The molecule has 0 unspecified atom stereocenters. The normalized spacial score (nSPS) is 12.0. The van der Waals surface area contributed by atoms with Crippen molar-refractivity contribution >= 4 is 34.1 Å². The zero-order chi connectivity index (χ0) is 25.9. The number of alkyl halides is 3. The highest BCUT2D eigenvalue weighted by Gasteiger charge is 2.30. The van der Waals surface area contributed by atoms with E-state index in [4.69, 9.17) is 0 Å².